The van der Waals surface area contributed by atoms with E-state index in [0.717, 1.165) is 6.07 Å². The van der Waals surface area contributed by atoms with Crippen LogP contribution in [0.1, 0.15) is 38.9 Å². The first kappa shape index (κ1) is 19.2. The molecule has 138 valence electrons. The molecule has 0 fully saturated rings. The first-order valence-corrected chi connectivity index (χ1v) is 7.35. The topological polar surface area (TPSA) is 91.4 Å². The Morgan fingerprint density at radius 2 is 1.85 bits per heavy atom. The summed E-state index contributed by atoms with van der Waals surface area (Å²) in [6.45, 7) is 0.742. The molecule has 0 aliphatic rings. The second kappa shape index (κ2) is 7.03. The van der Waals surface area contributed by atoms with Crippen molar-refractivity contribution < 1.29 is 27.5 Å². The molecular formula is C17H15F3N2O4. The summed E-state index contributed by atoms with van der Waals surface area (Å²) in [6.07, 6.45) is -4.83. The number of ketones is 1. The van der Waals surface area contributed by atoms with Crippen LogP contribution >= 0.6 is 0 Å². The van der Waals surface area contributed by atoms with Crippen molar-refractivity contribution in [2.75, 3.05) is 7.11 Å². The Morgan fingerprint density at radius 3 is 2.35 bits per heavy atom. The van der Waals surface area contributed by atoms with Gasteiger partial charge in [0.1, 0.15) is 17.0 Å². The van der Waals surface area contributed by atoms with E-state index in [4.69, 9.17) is 10.5 Å². The van der Waals surface area contributed by atoms with Crippen molar-refractivity contribution in [2.24, 2.45) is 5.73 Å². The monoisotopic (exact) mass is 368 g/mol. The molecule has 0 radical (unpaired) electrons. The summed E-state index contributed by atoms with van der Waals surface area (Å²) in [7, 11) is 1.31. The summed E-state index contributed by atoms with van der Waals surface area (Å²) in [5.74, 6) is -1.25. The molecule has 1 amide bonds. The predicted molar refractivity (Wildman–Crippen MR) is 86.3 cm³/mol. The van der Waals surface area contributed by atoms with Crippen molar-refractivity contribution in [3.05, 3.63) is 63.1 Å². The Kier molecular flexibility index (Phi) is 5.20. The molecule has 0 aliphatic carbocycles. The third kappa shape index (κ3) is 3.76. The van der Waals surface area contributed by atoms with Gasteiger partial charge >= 0.3 is 6.18 Å². The van der Waals surface area contributed by atoms with E-state index in [2.05, 4.69) is 0 Å². The van der Waals surface area contributed by atoms with Gasteiger partial charge in [0.2, 0.25) is 0 Å². The summed E-state index contributed by atoms with van der Waals surface area (Å²) in [6, 6.07) is 5.57. The number of rotatable bonds is 5. The van der Waals surface area contributed by atoms with Crippen LogP contribution in [0.2, 0.25) is 0 Å². The molecule has 2 aromatic rings. The van der Waals surface area contributed by atoms with Gasteiger partial charge in [-0.25, -0.2) is 0 Å². The number of primary amides is 1. The fourth-order valence-corrected chi connectivity index (χ4v) is 2.46. The number of nitrogens with two attached hydrogens (primary N) is 1. The number of nitrogens with zero attached hydrogens (tertiary/aromatic N) is 1. The first-order valence-electron chi connectivity index (χ1n) is 7.35. The van der Waals surface area contributed by atoms with Crippen LogP contribution in [0, 0.1) is 0 Å². The molecule has 6 nitrogen and oxygen atoms in total. The van der Waals surface area contributed by atoms with E-state index < -0.39 is 35.4 Å². The summed E-state index contributed by atoms with van der Waals surface area (Å²) in [5.41, 5.74) is 2.48. The maximum Gasteiger partial charge on any atom is 0.431 e. The molecule has 9 heteroatoms. The van der Waals surface area contributed by atoms with E-state index >= 15 is 0 Å². The molecule has 1 aromatic heterocycles. The number of alkyl halides is 3. The summed E-state index contributed by atoms with van der Waals surface area (Å²) in [4.78, 5) is 35.2. The number of carbonyl (C=O) groups is 2. The molecular weight excluding hydrogens is 353 g/mol. The van der Waals surface area contributed by atoms with Gasteiger partial charge in [-0.1, -0.05) is 0 Å². The fraction of sp³-hybridized carbons (Fsp3) is 0.235. The van der Waals surface area contributed by atoms with Crippen LogP contribution in [-0.4, -0.2) is 23.4 Å². The maximum atomic E-state index is 13.3. The third-order valence-electron chi connectivity index (χ3n) is 3.75. The number of pyridine rings is 1. The number of amides is 1. The SMILES string of the molecule is COc1ccc(C(C)=O)cc1Cn1c(C(F)(F)F)ccc(C(N)=O)c1=O. The average molecular weight is 368 g/mol. The molecule has 26 heavy (non-hydrogen) atoms. The minimum Gasteiger partial charge on any atom is -0.496 e. The van der Waals surface area contributed by atoms with Gasteiger partial charge in [0, 0.05) is 11.1 Å². The Labute approximate surface area is 146 Å². The van der Waals surface area contributed by atoms with Gasteiger partial charge in [0.25, 0.3) is 11.5 Å². The van der Waals surface area contributed by atoms with E-state index in [0.29, 0.717) is 10.6 Å². The molecule has 0 atom stereocenters. The van der Waals surface area contributed by atoms with Gasteiger partial charge in [0.05, 0.1) is 13.7 Å². The molecule has 0 aliphatic heterocycles. The molecule has 1 aromatic carbocycles. The number of methoxy groups -OCH3 is 1. The zero-order chi connectivity index (χ0) is 19.6. The van der Waals surface area contributed by atoms with E-state index in [9.17, 15) is 27.6 Å². The number of Topliss-reactive ketones (excluding diaryl/α,β-unsaturated/α-hetero) is 1. The van der Waals surface area contributed by atoms with Crippen LogP contribution in [0.5, 0.6) is 5.75 Å². The number of aromatic nitrogens is 1. The molecule has 1 heterocycles. The summed E-state index contributed by atoms with van der Waals surface area (Å²) < 4.78 is 45.4. The first-order chi connectivity index (χ1) is 12.1. The maximum absolute atomic E-state index is 13.3. The highest BCUT2D eigenvalue weighted by Crippen LogP contribution is 2.30. The summed E-state index contributed by atoms with van der Waals surface area (Å²) in [5, 5.41) is 0. The van der Waals surface area contributed by atoms with E-state index in [-0.39, 0.29) is 22.7 Å². The fourth-order valence-electron chi connectivity index (χ4n) is 2.46. The van der Waals surface area contributed by atoms with Crippen molar-refractivity contribution in [3.8, 4) is 5.75 Å². The van der Waals surface area contributed by atoms with Gasteiger partial charge in [-0.05, 0) is 37.3 Å². The van der Waals surface area contributed by atoms with E-state index in [1.807, 2.05) is 0 Å². The second-order valence-electron chi connectivity index (χ2n) is 5.47. The average Bonchev–Trinajstić information content (AvgIpc) is 2.54. The summed E-state index contributed by atoms with van der Waals surface area (Å²) >= 11 is 0. The van der Waals surface area contributed by atoms with Crippen LogP contribution in [0.4, 0.5) is 13.2 Å². The van der Waals surface area contributed by atoms with Crippen molar-refractivity contribution in [1.29, 1.82) is 0 Å². The second-order valence-corrected chi connectivity index (χ2v) is 5.47. The molecule has 2 N–H and O–H groups in total. The molecule has 0 unspecified atom stereocenters. The third-order valence-corrected chi connectivity index (χ3v) is 3.75. The van der Waals surface area contributed by atoms with Crippen molar-refractivity contribution >= 4 is 11.7 Å². The largest absolute Gasteiger partial charge is 0.496 e. The van der Waals surface area contributed by atoms with Crippen molar-refractivity contribution in [2.45, 2.75) is 19.6 Å². The van der Waals surface area contributed by atoms with Gasteiger partial charge in [-0.3, -0.25) is 19.0 Å². The number of carbonyl (C=O) groups excluding carboxylic acids is 2. The zero-order valence-electron chi connectivity index (χ0n) is 13.9. The predicted octanol–water partition coefficient (Wildman–Crippen LogP) is 2.23. The quantitative estimate of drug-likeness (QED) is 0.820. The Balaban J connectivity index is 2.70. The van der Waals surface area contributed by atoms with E-state index in [1.54, 1.807) is 0 Å². The Bertz CT molecular complexity index is 933. The highest BCUT2D eigenvalue weighted by molar-refractivity contribution is 5.94. The molecule has 0 spiro atoms. The molecule has 0 saturated carbocycles. The van der Waals surface area contributed by atoms with Crippen LogP contribution in [0.25, 0.3) is 0 Å². The number of hydrogen-bond donors (Lipinski definition) is 1. The number of benzene rings is 1. The van der Waals surface area contributed by atoms with Crippen LogP contribution in [0.15, 0.2) is 35.1 Å². The van der Waals surface area contributed by atoms with Crippen LogP contribution in [0.3, 0.4) is 0 Å². The van der Waals surface area contributed by atoms with Crippen LogP contribution in [-0.2, 0) is 12.7 Å². The number of hydrogen-bond acceptors (Lipinski definition) is 4. The smallest absolute Gasteiger partial charge is 0.431 e. The lowest BCUT2D eigenvalue weighted by molar-refractivity contribution is -0.144. The lowest BCUT2D eigenvalue weighted by Gasteiger charge is -2.18. The van der Waals surface area contributed by atoms with Gasteiger partial charge in [0.15, 0.2) is 5.78 Å². The van der Waals surface area contributed by atoms with Gasteiger partial charge in [-0.2, -0.15) is 13.2 Å². The number of ether oxygens (including phenoxy) is 1. The van der Waals surface area contributed by atoms with E-state index in [1.165, 1.54) is 32.2 Å². The van der Waals surface area contributed by atoms with Crippen LogP contribution < -0.4 is 16.0 Å². The highest BCUT2D eigenvalue weighted by Gasteiger charge is 2.35. The minimum atomic E-state index is -4.83. The standard InChI is InChI=1S/C17H15F3N2O4/c1-9(23)10-3-5-13(26-2)11(7-10)8-22-14(17(18,19)20)6-4-12(15(21)24)16(22)25/h3-7H,8H2,1-2H3,(H2,21,24). The van der Waals surface area contributed by atoms with Crippen molar-refractivity contribution in [1.82, 2.24) is 4.57 Å². The Hall–Kier alpha value is -3.10. The van der Waals surface area contributed by atoms with Crippen molar-refractivity contribution in [3.63, 3.8) is 0 Å². The number of halogens is 3. The Morgan fingerprint density at radius 1 is 1.19 bits per heavy atom. The van der Waals surface area contributed by atoms with Gasteiger partial charge in [-0.15, -0.1) is 0 Å². The zero-order valence-corrected chi connectivity index (χ0v) is 13.9. The van der Waals surface area contributed by atoms with Gasteiger partial charge < -0.3 is 10.5 Å². The molecule has 0 saturated heterocycles. The minimum absolute atomic E-state index is 0.175. The lowest BCUT2D eigenvalue weighted by atomic mass is 10.1. The normalized spacial score (nSPS) is 11.3. The highest BCUT2D eigenvalue weighted by atomic mass is 19.4. The lowest BCUT2D eigenvalue weighted by Crippen LogP contribution is -2.34. The molecule has 2 rings (SSSR count). The molecule has 0 bridgehead atoms.